The molecule has 0 fully saturated rings. The van der Waals surface area contributed by atoms with Crippen molar-refractivity contribution in [2.75, 3.05) is 13.2 Å². The molecule has 3 rings (SSSR count). The Morgan fingerprint density at radius 3 is 2.43 bits per heavy atom. The minimum atomic E-state index is -0.549. The van der Waals surface area contributed by atoms with Crippen LogP contribution in [0, 0.1) is 6.92 Å². The van der Waals surface area contributed by atoms with E-state index in [-0.39, 0.29) is 12.4 Å². The van der Waals surface area contributed by atoms with Gasteiger partial charge in [0.15, 0.2) is 6.61 Å². The maximum atomic E-state index is 12.3. The van der Waals surface area contributed by atoms with Crippen LogP contribution in [0.2, 0.25) is 0 Å². The summed E-state index contributed by atoms with van der Waals surface area (Å²) in [5, 5.41) is 0. The van der Waals surface area contributed by atoms with Gasteiger partial charge >= 0.3 is 11.9 Å². The number of hydrogen-bond acceptors (Lipinski definition) is 5. The van der Waals surface area contributed by atoms with Crippen LogP contribution in [0.5, 0.6) is 11.5 Å². The topological polar surface area (TPSA) is 61.8 Å². The number of ether oxygens (including phenoxy) is 3. The summed E-state index contributed by atoms with van der Waals surface area (Å²) >= 11 is 0. The maximum absolute atomic E-state index is 12.3. The maximum Gasteiger partial charge on any atom is 0.349 e. The molecule has 0 bridgehead atoms. The molecular formula is C25H24O5. The fourth-order valence-corrected chi connectivity index (χ4v) is 2.87. The van der Waals surface area contributed by atoms with Gasteiger partial charge in [-0.05, 0) is 55.2 Å². The zero-order valence-corrected chi connectivity index (χ0v) is 16.9. The minimum Gasteiger partial charge on any atom is -0.482 e. The smallest absolute Gasteiger partial charge is 0.349 e. The molecule has 30 heavy (non-hydrogen) atoms. The summed E-state index contributed by atoms with van der Waals surface area (Å²) in [7, 11) is 0. The van der Waals surface area contributed by atoms with E-state index in [1.54, 1.807) is 24.3 Å². The van der Waals surface area contributed by atoms with Crippen molar-refractivity contribution in [3.8, 4) is 11.5 Å². The minimum absolute atomic E-state index is 0.223. The monoisotopic (exact) mass is 404 g/mol. The van der Waals surface area contributed by atoms with Gasteiger partial charge in [0.05, 0.1) is 12.2 Å². The van der Waals surface area contributed by atoms with Crippen LogP contribution in [-0.2, 0) is 16.0 Å². The first-order valence-corrected chi connectivity index (χ1v) is 9.82. The van der Waals surface area contributed by atoms with Crippen LogP contribution in [0.4, 0.5) is 0 Å². The average molecular weight is 404 g/mol. The molecule has 3 aromatic rings. The van der Waals surface area contributed by atoms with Gasteiger partial charge in [0, 0.05) is 0 Å². The molecule has 5 nitrogen and oxygen atoms in total. The number of rotatable bonds is 9. The molecule has 5 heteroatoms. The Morgan fingerprint density at radius 1 is 0.867 bits per heavy atom. The van der Waals surface area contributed by atoms with E-state index in [1.807, 2.05) is 55.5 Å². The molecule has 0 radical (unpaired) electrons. The fourth-order valence-electron chi connectivity index (χ4n) is 2.87. The van der Waals surface area contributed by atoms with Gasteiger partial charge < -0.3 is 14.2 Å². The van der Waals surface area contributed by atoms with E-state index < -0.39 is 11.9 Å². The first-order valence-electron chi connectivity index (χ1n) is 9.82. The molecule has 0 saturated heterocycles. The predicted molar refractivity (Wildman–Crippen MR) is 114 cm³/mol. The van der Waals surface area contributed by atoms with Gasteiger partial charge in [-0.2, -0.15) is 0 Å². The zero-order valence-electron chi connectivity index (χ0n) is 16.9. The molecule has 0 amide bonds. The molecule has 0 aliphatic carbocycles. The molecule has 0 aliphatic heterocycles. The van der Waals surface area contributed by atoms with Gasteiger partial charge in [0.1, 0.15) is 11.5 Å². The predicted octanol–water partition coefficient (Wildman–Crippen LogP) is 4.77. The van der Waals surface area contributed by atoms with Gasteiger partial charge in [-0.15, -0.1) is 0 Å². The van der Waals surface area contributed by atoms with Gasteiger partial charge in [0.2, 0.25) is 0 Å². The van der Waals surface area contributed by atoms with E-state index in [0.717, 1.165) is 18.4 Å². The molecule has 0 atom stereocenters. The Balaban J connectivity index is 1.45. The summed E-state index contributed by atoms with van der Waals surface area (Å²) < 4.78 is 16.1. The van der Waals surface area contributed by atoms with E-state index in [2.05, 4.69) is 0 Å². The molecule has 0 aromatic heterocycles. The number of carbonyl (C=O) groups is 2. The second-order valence-electron chi connectivity index (χ2n) is 6.78. The Labute approximate surface area is 176 Å². The van der Waals surface area contributed by atoms with Crippen LogP contribution in [-0.4, -0.2) is 25.2 Å². The Bertz CT molecular complexity index is 982. The third kappa shape index (κ3) is 6.48. The highest BCUT2D eigenvalue weighted by molar-refractivity contribution is 5.90. The van der Waals surface area contributed by atoms with Crippen molar-refractivity contribution in [2.45, 2.75) is 19.8 Å². The molecule has 0 spiro atoms. The normalized spacial score (nSPS) is 10.3. The largest absolute Gasteiger partial charge is 0.482 e. The number of aryl methyl sites for hydroxylation is 2. The fraction of sp³-hybridized carbons (Fsp3) is 0.200. The van der Waals surface area contributed by atoms with Crippen molar-refractivity contribution in [2.24, 2.45) is 0 Å². The van der Waals surface area contributed by atoms with Gasteiger partial charge in [-0.3, -0.25) is 0 Å². The van der Waals surface area contributed by atoms with Crippen LogP contribution < -0.4 is 9.47 Å². The van der Waals surface area contributed by atoms with Crippen molar-refractivity contribution in [3.05, 3.63) is 95.6 Å². The molecule has 154 valence electrons. The van der Waals surface area contributed by atoms with E-state index in [1.165, 1.54) is 11.6 Å². The van der Waals surface area contributed by atoms with Crippen molar-refractivity contribution in [1.29, 1.82) is 0 Å². The second kappa shape index (κ2) is 10.8. The standard InChI is InChI=1S/C25H24O5/c1-19-9-5-6-15-23(19)29-18-24(26)30-22-14-7-13-21(17-22)25(27)28-16-8-12-20-10-3-2-4-11-20/h2-7,9-11,13-15,17H,8,12,16,18H2,1H3. The highest BCUT2D eigenvalue weighted by atomic mass is 16.6. The zero-order chi connectivity index (χ0) is 21.2. The van der Waals surface area contributed by atoms with E-state index in [9.17, 15) is 9.59 Å². The SMILES string of the molecule is Cc1ccccc1OCC(=O)Oc1cccc(C(=O)OCCCc2ccccc2)c1. The molecule has 0 saturated carbocycles. The van der Waals surface area contributed by atoms with Crippen molar-refractivity contribution >= 4 is 11.9 Å². The van der Waals surface area contributed by atoms with Crippen molar-refractivity contribution in [1.82, 2.24) is 0 Å². The molecule has 3 aromatic carbocycles. The molecule has 0 N–H and O–H groups in total. The van der Waals surface area contributed by atoms with Gasteiger partial charge in [0.25, 0.3) is 0 Å². The van der Waals surface area contributed by atoms with Crippen molar-refractivity contribution < 1.29 is 23.8 Å². The summed E-state index contributed by atoms with van der Waals surface area (Å²) in [6, 6.07) is 23.8. The van der Waals surface area contributed by atoms with Crippen LogP contribution in [0.25, 0.3) is 0 Å². The summed E-state index contributed by atoms with van der Waals surface area (Å²) in [4.78, 5) is 24.3. The lowest BCUT2D eigenvalue weighted by molar-refractivity contribution is -0.136. The summed E-state index contributed by atoms with van der Waals surface area (Å²) in [5.41, 5.74) is 2.47. The average Bonchev–Trinajstić information content (AvgIpc) is 2.77. The molecule has 0 unspecified atom stereocenters. The third-order valence-corrected chi connectivity index (χ3v) is 4.43. The number of hydrogen-bond donors (Lipinski definition) is 0. The second-order valence-corrected chi connectivity index (χ2v) is 6.78. The Kier molecular flexibility index (Phi) is 7.61. The molecular weight excluding hydrogens is 380 g/mol. The summed E-state index contributed by atoms with van der Waals surface area (Å²) in [6.45, 7) is 2.00. The lowest BCUT2D eigenvalue weighted by Gasteiger charge is -2.09. The molecule has 0 heterocycles. The number of benzene rings is 3. The van der Waals surface area contributed by atoms with Crippen LogP contribution in [0.15, 0.2) is 78.9 Å². The van der Waals surface area contributed by atoms with Crippen LogP contribution in [0.3, 0.4) is 0 Å². The highest BCUT2D eigenvalue weighted by Crippen LogP contribution is 2.17. The van der Waals surface area contributed by atoms with Gasteiger partial charge in [-0.1, -0.05) is 54.6 Å². The highest BCUT2D eigenvalue weighted by Gasteiger charge is 2.11. The van der Waals surface area contributed by atoms with Gasteiger partial charge in [-0.25, -0.2) is 9.59 Å². The van der Waals surface area contributed by atoms with Crippen LogP contribution >= 0.6 is 0 Å². The lowest BCUT2D eigenvalue weighted by Crippen LogP contribution is -2.18. The van der Waals surface area contributed by atoms with Crippen LogP contribution in [0.1, 0.15) is 27.9 Å². The Hall–Kier alpha value is -3.60. The van der Waals surface area contributed by atoms with E-state index >= 15 is 0 Å². The lowest BCUT2D eigenvalue weighted by atomic mass is 10.1. The summed E-state index contributed by atoms with van der Waals surface area (Å²) in [6.07, 6.45) is 1.58. The number of esters is 2. The van der Waals surface area contributed by atoms with E-state index in [4.69, 9.17) is 14.2 Å². The quantitative estimate of drug-likeness (QED) is 0.292. The first kappa shape index (κ1) is 21.1. The number of carbonyl (C=O) groups excluding carboxylic acids is 2. The molecule has 0 aliphatic rings. The first-order chi connectivity index (χ1) is 14.6. The number of para-hydroxylation sites is 1. The third-order valence-electron chi connectivity index (χ3n) is 4.43. The van der Waals surface area contributed by atoms with E-state index in [0.29, 0.717) is 17.9 Å². The van der Waals surface area contributed by atoms with Crippen molar-refractivity contribution in [3.63, 3.8) is 0 Å². The Morgan fingerprint density at radius 2 is 1.63 bits per heavy atom. The summed E-state index contributed by atoms with van der Waals surface area (Å²) in [5.74, 6) is -0.0989.